The van der Waals surface area contributed by atoms with E-state index in [1.807, 2.05) is 6.07 Å². The van der Waals surface area contributed by atoms with Gasteiger partial charge in [-0.2, -0.15) is 5.26 Å². The van der Waals surface area contributed by atoms with E-state index in [4.69, 9.17) is 10.00 Å². The van der Waals surface area contributed by atoms with Crippen LogP contribution in [0.25, 0.3) is 10.9 Å². The Bertz CT molecular complexity index is 1030. The molecule has 0 spiro atoms. The third-order valence-corrected chi connectivity index (χ3v) is 4.87. The van der Waals surface area contributed by atoms with E-state index in [0.29, 0.717) is 23.3 Å². The number of fused-ring (bicyclic) bond motifs is 2. The molecule has 0 bridgehead atoms. The lowest BCUT2D eigenvalue weighted by molar-refractivity contribution is -0.136. The lowest BCUT2D eigenvalue weighted by Gasteiger charge is -2.28. The average Bonchev–Trinajstić information content (AvgIpc) is 3.13. The molecule has 3 rings (SSSR count). The number of aryl methyl sites for hydroxylation is 1. The highest BCUT2D eigenvalue weighted by molar-refractivity contribution is 5.95. The summed E-state index contributed by atoms with van der Waals surface area (Å²) in [6, 6.07) is 6.56. The predicted octanol–water partition coefficient (Wildman–Crippen LogP) is 1.26. The van der Waals surface area contributed by atoms with Crippen molar-refractivity contribution in [3.63, 3.8) is 0 Å². The minimum Gasteiger partial charge on any atom is -0.452 e. The Kier molecular flexibility index (Phi) is 4.70. The van der Waals surface area contributed by atoms with Gasteiger partial charge in [0.25, 0.3) is 11.5 Å². The predicted molar refractivity (Wildman–Crippen MR) is 97.1 cm³/mol. The number of carbonyl (C=O) groups is 2. The molecule has 27 heavy (non-hydrogen) atoms. The zero-order chi connectivity index (χ0) is 19.8. The zero-order valence-corrected chi connectivity index (χ0v) is 15.5. The minimum absolute atomic E-state index is 0.108. The topological polar surface area (TPSA) is 105 Å². The first kappa shape index (κ1) is 18.6. The van der Waals surface area contributed by atoms with Gasteiger partial charge in [0.1, 0.15) is 11.4 Å². The molecule has 0 N–H and O–H groups in total. The Hall–Kier alpha value is -3.21. The highest BCUT2D eigenvalue weighted by Crippen LogP contribution is 2.17. The molecule has 1 aliphatic heterocycles. The second kappa shape index (κ2) is 6.83. The van der Waals surface area contributed by atoms with E-state index in [0.717, 1.165) is 12.8 Å². The van der Waals surface area contributed by atoms with Gasteiger partial charge in [-0.05, 0) is 38.5 Å². The fraction of sp³-hybridized carbons (Fsp3) is 0.421. The number of esters is 1. The number of carbonyl (C=O) groups excluding carboxylic acids is 2. The van der Waals surface area contributed by atoms with Crippen LogP contribution < -0.4 is 5.56 Å². The van der Waals surface area contributed by atoms with Gasteiger partial charge in [0.15, 0.2) is 6.61 Å². The maximum absolute atomic E-state index is 12.4. The number of amides is 1. The van der Waals surface area contributed by atoms with Gasteiger partial charge in [0.05, 0.1) is 22.5 Å². The SMILES string of the molecule is CN(C(=O)COC(=O)c1ccc2c(=O)n3c(nc2c1)CCC3)C(C)(C)C#N. The summed E-state index contributed by atoms with van der Waals surface area (Å²) in [7, 11) is 1.48. The molecule has 0 atom stereocenters. The molecule has 8 heteroatoms. The van der Waals surface area contributed by atoms with E-state index in [1.165, 1.54) is 24.1 Å². The van der Waals surface area contributed by atoms with Crippen LogP contribution >= 0.6 is 0 Å². The minimum atomic E-state index is -1.00. The van der Waals surface area contributed by atoms with E-state index < -0.39 is 24.0 Å². The largest absolute Gasteiger partial charge is 0.452 e. The van der Waals surface area contributed by atoms with Gasteiger partial charge in [0.2, 0.25) is 0 Å². The molecule has 0 saturated carbocycles. The number of hydrogen-bond donors (Lipinski definition) is 0. The van der Waals surface area contributed by atoms with E-state index in [2.05, 4.69) is 4.98 Å². The molecule has 0 radical (unpaired) electrons. The second-order valence-corrected chi connectivity index (χ2v) is 7.02. The summed E-state index contributed by atoms with van der Waals surface area (Å²) >= 11 is 0. The van der Waals surface area contributed by atoms with E-state index in [-0.39, 0.29) is 11.1 Å². The third kappa shape index (κ3) is 3.40. The quantitative estimate of drug-likeness (QED) is 0.752. The van der Waals surface area contributed by atoms with Crippen LogP contribution in [-0.4, -0.2) is 45.5 Å². The number of ether oxygens (including phenoxy) is 1. The number of rotatable bonds is 4. The monoisotopic (exact) mass is 368 g/mol. The summed E-state index contributed by atoms with van der Waals surface area (Å²) in [6.07, 6.45) is 1.61. The summed E-state index contributed by atoms with van der Waals surface area (Å²) < 4.78 is 6.73. The Morgan fingerprint density at radius 1 is 1.41 bits per heavy atom. The van der Waals surface area contributed by atoms with Gasteiger partial charge in [0, 0.05) is 20.0 Å². The lowest BCUT2D eigenvalue weighted by atomic mass is 10.1. The molecule has 2 aromatic rings. The smallest absolute Gasteiger partial charge is 0.338 e. The third-order valence-electron chi connectivity index (χ3n) is 4.87. The Labute approximate surface area is 156 Å². The molecule has 1 aromatic heterocycles. The number of nitriles is 1. The summed E-state index contributed by atoms with van der Waals surface area (Å²) in [5, 5.41) is 9.52. The molecule has 1 aliphatic rings. The van der Waals surface area contributed by atoms with Gasteiger partial charge >= 0.3 is 5.97 Å². The van der Waals surface area contributed by atoms with Gasteiger partial charge in [-0.15, -0.1) is 0 Å². The van der Waals surface area contributed by atoms with Gasteiger partial charge in [-0.1, -0.05) is 0 Å². The van der Waals surface area contributed by atoms with Crippen molar-refractivity contribution in [2.45, 2.75) is 38.8 Å². The van der Waals surface area contributed by atoms with E-state index in [9.17, 15) is 14.4 Å². The first-order chi connectivity index (χ1) is 12.7. The molecule has 140 valence electrons. The Morgan fingerprint density at radius 3 is 2.85 bits per heavy atom. The van der Waals surface area contributed by atoms with Gasteiger partial charge in [-0.25, -0.2) is 9.78 Å². The molecule has 1 aromatic carbocycles. The van der Waals surface area contributed by atoms with Crippen molar-refractivity contribution in [2.75, 3.05) is 13.7 Å². The lowest BCUT2D eigenvalue weighted by Crippen LogP contribution is -2.45. The highest BCUT2D eigenvalue weighted by Gasteiger charge is 2.28. The normalized spacial score (nSPS) is 13.1. The van der Waals surface area contributed by atoms with Crippen molar-refractivity contribution in [1.29, 1.82) is 5.26 Å². The zero-order valence-electron chi connectivity index (χ0n) is 15.5. The Morgan fingerprint density at radius 2 is 2.15 bits per heavy atom. The van der Waals surface area contributed by atoms with Gasteiger partial charge in [-0.3, -0.25) is 14.2 Å². The van der Waals surface area contributed by atoms with Crippen molar-refractivity contribution in [3.8, 4) is 6.07 Å². The van der Waals surface area contributed by atoms with Crippen LogP contribution in [0, 0.1) is 11.3 Å². The second-order valence-electron chi connectivity index (χ2n) is 7.02. The molecular formula is C19H20N4O4. The standard InChI is InChI=1S/C19H20N4O4/c1-19(2,11-20)22(3)16(24)10-27-18(26)12-6-7-13-14(9-12)21-15-5-4-8-23(15)17(13)25/h6-7,9H,4-5,8,10H2,1-3H3. The van der Waals surface area contributed by atoms with Crippen LogP contribution in [-0.2, 0) is 22.5 Å². The fourth-order valence-electron chi connectivity index (χ4n) is 2.90. The molecule has 0 unspecified atom stereocenters. The molecule has 8 nitrogen and oxygen atoms in total. The summed E-state index contributed by atoms with van der Waals surface area (Å²) in [5.41, 5.74) is -0.453. The molecule has 1 amide bonds. The van der Waals surface area contributed by atoms with Crippen LogP contribution in [0.1, 0.15) is 36.5 Å². The molecular weight excluding hydrogens is 348 g/mol. The Balaban J connectivity index is 1.77. The van der Waals surface area contributed by atoms with Crippen LogP contribution in [0.4, 0.5) is 0 Å². The van der Waals surface area contributed by atoms with Crippen molar-refractivity contribution < 1.29 is 14.3 Å². The molecule has 0 aliphatic carbocycles. The first-order valence-electron chi connectivity index (χ1n) is 8.63. The van der Waals surface area contributed by atoms with Crippen molar-refractivity contribution in [2.24, 2.45) is 0 Å². The van der Waals surface area contributed by atoms with Crippen LogP contribution in [0.5, 0.6) is 0 Å². The maximum Gasteiger partial charge on any atom is 0.338 e. The molecule has 2 heterocycles. The fourth-order valence-corrected chi connectivity index (χ4v) is 2.90. The number of benzene rings is 1. The number of hydrogen-bond acceptors (Lipinski definition) is 6. The number of likely N-dealkylation sites (N-methyl/N-ethyl adjacent to an activating group) is 1. The van der Waals surface area contributed by atoms with Crippen LogP contribution in [0.2, 0.25) is 0 Å². The number of nitrogens with zero attached hydrogens (tertiary/aromatic N) is 4. The van der Waals surface area contributed by atoms with Gasteiger partial charge < -0.3 is 9.64 Å². The maximum atomic E-state index is 12.4. The van der Waals surface area contributed by atoms with Crippen molar-refractivity contribution >= 4 is 22.8 Å². The molecule has 0 fully saturated rings. The van der Waals surface area contributed by atoms with Crippen LogP contribution in [0.15, 0.2) is 23.0 Å². The van der Waals surface area contributed by atoms with Crippen LogP contribution in [0.3, 0.4) is 0 Å². The van der Waals surface area contributed by atoms with E-state index in [1.54, 1.807) is 24.5 Å². The average molecular weight is 368 g/mol. The highest BCUT2D eigenvalue weighted by atomic mass is 16.5. The summed E-state index contributed by atoms with van der Waals surface area (Å²) in [6.45, 7) is 3.38. The number of aromatic nitrogens is 2. The molecule has 0 saturated heterocycles. The van der Waals surface area contributed by atoms with Crippen molar-refractivity contribution in [1.82, 2.24) is 14.5 Å². The summed E-state index contributed by atoms with van der Waals surface area (Å²) in [5.74, 6) is -0.450. The van der Waals surface area contributed by atoms with E-state index >= 15 is 0 Å². The van der Waals surface area contributed by atoms with Crippen molar-refractivity contribution in [3.05, 3.63) is 39.9 Å². The summed E-state index contributed by atoms with van der Waals surface area (Å²) in [4.78, 5) is 42.5. The first-order valence-corrected chi connectivity index (χ1v) is 8.63.